The number of amides is 1. The summed E-state index contributed by atoms with van der Waals surface area (Å²) >= 11 is 0. The highest BCUT2D eigenvalue weighted by molar-refractivity contribution is 5.71. The van der Waals surface area contributed by atoms with E-state index in [4.69, 9.17) is 0 Å². The molecule has 0 aromatic rings. The molecule has 1 amide bonds. The standard InChI is InChI=1S/C13H16N2O2/c16-13(17)15-11-4-2-1-3-9(11)10-5-7-14-8-6-12(10)15/h1-4,11-12,14H,5-8H2,(H,16,17). The highest BCUT2D eigenvalue weighted by Gasteiger charge is 2.41. The van der Waals surface area contributed by atoms with Crippen molar-refractivity contribution in [1.82, 2.24) is 10.2 Å². The summed E-state index contributed by atoms with van der Waals surface area (Å²) in [5.74, 6) is 0. The fourth-order valence-corrected chi connectivity index (χ4v) is 3.09. The minimum Gasteiger partial charge on any atom is -0.465 e. The summed E-state index contributed by atoms with van der Waals surface area (Å²) in [6.45, 7) is 1.85. The normalized spacial score (nSPS) is 31.2. The number of carbonyl (C=O) groups is 1. The molecule has 2 aliphatic heterocycles. The van der Waals surface area contributed by atoms with Crippen LogP contribution in [0, 0.1) is 0 Å². The van der Waals surface area contributed by atoms with Gasteiger partial charge in [0.2, 0.25) is 0 Å². The Bertz CT molecular complexity index is 437. The van der Waals surface area contributed by atoms with Gasteiger partial charge in [-0.25, -0.2) is 4.79 Å². The summed E-state index contributed by atoms with van der Waals surface area (Å²) in [5.41, 5.74) is 2.51. The van der Waals surface area contributed by atoms with Crippen LogP contribution in [0.3, 0.4) is 0 Å². The van der Waals surface area contributed by atoms with Crippen molar-refractivity contribution in [3.05, 3.63) is 35.5 Å². The van der Waals surface area contributed by atoms with Crippen LogP contribution in [-0.2, 0) is 0 Å². The number of hydrogen-bond donors (Lipinski definition) is 2. The predicted octanol–water partition coefficient (Wildman–Crippen LogP) is 1.52. The Labute approximate surface area is 100 Å². The first-order valence-corrected chi connectivity index (χ1v) is 6.09. The molecular weight excluding hydrogens is 216 g/mol. The molecule has 0 aromatic heterocycles. The molecule has 2 atom stereocenters. The third-order valence-corrected chi connectivity index (χ3v) is 3.79. The Morgan fingerprint density at radius 3 is 3.12 bits per heavy atom. The molecule has 2 heterocycles. The highest BCUT2D eigenvalue weighted by Crippen LogP contribution is 2.37. The van der Waals surface area contributed by atoms with Gasteiger partial charge in [0.25, 0.3) is 0 Å². The van der Waals surface area contributed by atoms with Crippen molar-refractivity contribution in [2.45, 2.75) is 24.9 Å². The van der Waals surface area contributed by atoms with Crippen molar-refractivity contribution in [2.24, 2.45) is 0 Å². The molecule has 17 heavy (non-hydrogen) atoms. The third kappa shape index (κ3) is 1.60. The van der Waals surface area contributed by atoms with Crippen LogP contribution in [0.25, 0.3) is 0 Å². The van der Waals surface area contributed by atoms with Crippen molar-refractivity contribution in [2.75, 3.05) is 13.1 Å². The third-order valence-electron chi connectivity index (χ3n) is 3.79. The number of nitrogens with one attached hydrogen (secondary N) is 1. The molecule has 1 aliphatic carbocycles. The van der Waals surface area contributed by atoms with E-state index < -0.39 is 6.09 Å². The van der Waals surface area contributed by atoms with E-state index in [2.05, 4.69) is 11.4 Å². The van der Waals surface area contributed by atoms with Crippen molar-refractivity contribution in [3.63, 3.8) is 0 Å². The van der Waals surface area contributed by atoms with Crippen LogP contribution in [-0.4, -0.2) is 41.3 Å². The van der Waals surface area contributed by atoms with E-state index >= 15 is 0 Å². The lowest BCUT2D eigenvalue weighted by atomic mass is 9.96. The van der Waals surface area contributed by atoms with Gasteiger partial charge in [0, 0.05) is 0 Å². The second kappa shape index (κ2) is 4.04. The molecule has 1 saturated heterocycles. The van der Waals surface area contributed by atoms with Crippen molar-refractivity contribution in [1.29, 1.82) is 0 Å². The molecule has 3 rings (SSSR count). The maximum atomic E-state index is 11.4. The Balaban J connectivity index is 2.04. The monoisotopic (exact) mass is 232 g/mol. The summed E-state index contributed by atoms with van der Waals surface area (Å²) in [7, 11) is 0. The van der Waals surface area contributed by atoms with Crippen LogP contribution >= 0.6 is 0 Å². The Hall–Kier alpha value is -1.55. The van der Waals surface area contributed by atoms with Gasteiger partial charge in [-0.05, 0) is 37.1 Å². The quantitative estimate of drug-likeness (QED) is 0.666. The molecule has 1 fully saturated rings. The van der Waals surface area contributed by atoms with Crippen LogP contribution in [0.15, 0.2) is 35.5 Å². The zero-order chi connectivity index (χ0) is 11.8. The first kappa shape index (κ1) is 10.6. The molecule has 4 heteroatoms. The molecule has 0 radical (unpaired) electrons. The molecular formula is C13H16N2O2. The van der Waals surface area contributed by atoms with E-state index in [0.29, 0.717) is 0 Å². The zero-order valence-electron chi connectivity index (χ0n) is 9.60. The van der Waals surface area contributed by atoms with Gasteiger partial charge in [-0.15, -0.1) is 0 Å². The molecule has 2 N–H and O–H groups in total. The fraction of sp³-hybridized carbons (Fsp3) is 0.462. The molecule has 0 bridgehead atoms. The summed E-state index contributed by atoms with van der Waals surface area (Å²) < 4.78 is 0. The summed E-state index contributed by atoms with van der Waals surface area (Å²) in [6, 6.07) is 0.00509. The van der Waals surface area contributed by atoms with Crippen molar-refractivity contribution in [3.8, 4) is 0 Å². The Morgan fingerprint density at radius 1 is 1.41 bits per heavy atom. The smallest absolute Gasteiger partial charge is 0.408 e. The number of allylic oxidation sites excluding steroid dienone is 2. The summed E-state index contributed by atoms with van der Waals surface area (Å²) in [4.78, 5) is 13.1. The molecule has 0 saturated carbocycles. The molecule has 2 unspecified atom stereocenters. The van der Waals surface area contributed by atoms with E-state index in [1.54, 1.807) is 4.90 Å². The van der Waals surface area contributed by atoms with Gasteiger partial charge in [0.05, 0.1) is 12.1 Å². The van der Waals surface area contributed by atoms with Crippen LogP contribution in [0.2, 0.25) is 0 Å². The number of fused-ring (bicyclic) bond motifs is 2. The van der Waals surface area contributed by atoms with Crippen LogP contribution < -0.4 is 5.32 Å². The van der Waals surface area contributed by atoms with Crippen molar-refractivity contribution >= 4 is 6.09 Å². The van der Waals surface area contributed by atoms with E-state index in [0.717, 1.165) is 25.9 Å². The summed E-state index contributed by atoms with van der Waals surface area (Å²) in [6.07, 6.45) is 9.02. The second-order valence-electron chi connectivity index (χ2n) is 4.66. The van der Waals surface area contributed by atoms with E-state index in [1.807, 2.05) is 18.2 Å². The maximum absolute atomic E-state index is 11.4. The number of rotatable bonds is 0. The van der Waals surface area contributed by atoms with E-state index in [-0.39, 0.29) is 12.1 Å². The number of hydrogen-bond acceptors (Lipinski definition) is 2. The van der Waals surface area contributed by atoms with Gasteiger partial charge in [-0.3, -0.25) is 4.90 Å². The van der Waals surface area contributed by atoms with Crippen LogP contribution in [0.5, 0.6) is 0 Å². The van der Waals surface area contributed by atoms with Crippen LogP contribution in [0.4, 0.5) is 4.79 Å². The number of nitrogens with zero attached hydrogens (tertiary/aromatic N) is 1. The van der Waals surface area contributed by atoms with E-state index in [9.17, 15) is 9.90 Å². The van der Waals surface area contributed by atoms with Gasteiger partial charge in [-0.1, -0.05) is 24.3 Å². The van der Waals surface area contributed by atoms with Gasteiger partial charge >= 0.3 is 6.09 Å². The highest BCUT2D eigenvalue weighted by atomic mass is 16.4. The first-order valence-electron chi connectivity index (χ1n) is 6.09. The largest absolute Gasteiger partial charge is 0.465 e. The average Bonchev–Trinajstić information content (AvgIpc) is 2.48. The van der Waals surface area contributed by atoms with Crippen molar-refractivity contribution < 1.29 is 9.90 Å². The molecule has 3 aliphatic rings. The van der Waals surface area contributed by atoms with Gasteiger partial charge in [0.15, 0.2) is 0 Å². The molecule has 90 valence electrons. The first-order chi connectivity index (χ1) is 8.29. The van der Waals surface area contributed by atoms with Crippen LogP contribution in [0.1, 0.15) is 12.8 Å². The lowest BCUT2D eigenvalue weighted by Gasteiger charge is -2.28. The molecule has 0 spiro atoms. The average molecular weight is 232 g/mol. The SMILES string of the molecule is O=C(O)N1C2C=CC=CC2=C2CCNCCC21. The Kier molecular flexibility index (Phi) is 2.52. The Morgan fingerprint density at radius 2 is 2.29 bits per heavy atom. The topological polar surface area (TPSA) is 52.6 Å². The zero-order valence-corrected chi connectivity index (χ0v) is 9.60. The van der Waals surface area contributed by atoms with Gasteiger partial charge in [-0.2, -0.15) is 0 Å². The minimum atomic E-state index is -0.811. The lowest BCUT2D eigenvalue weighted by molar-refractivity contribution is 0.131. The molecule has 4 nitrogen and oxygen atoms in total. The minimum absolute atomic E-state index is 0.0596. The van der Waals surface area contributed by atoms with E-state index in [1.165, 1.54) is 11.1 Å². The van der Waals surface area contributed by atoms with Gasteiger partial charge in [0.1, 0.15) is 0 Å². The fourth-order valence-electron chi connectivity index (χ4n) is 3.09. The summed E-state index contributed by atoms with van der Waals surface area (Å²) in [5, 5.41) is 12.7. The maximum Gasteiger partial charge on any atom is 0.408 e. The van der Waals surface area contributed by atoms with Gasteiger partial charge < -0.3 is 10.4 Å². The molecule has 0 aromatic carbocycles. The lowest BCUT2D eigenvalue weighted by Crippen LogP contribution is -2.42. The second-order valence-corrected chi connectivity index (χ2v) is 4.66. The number of carboxylic acid groups (broad SMARTS) is 1. The predicted molar refractivity (Wildman–Crippen MR) is 64.8 cm³/mol.